The van der Waals surface area contributed by atoms with Crippen molar-refractivity contribution in [1.29, 1.82) is 0 Å². The predicted molar refractivity (Wildman–Crippen MR) is 83.6 cm³/mol. The van der Waals surface area contributed by atoms with Gasteiger partial charge in [-0.05, 0) is 30.9 Å². The van der Waals surface area contributed by atoms with E-state index in [4.69, 9.17) is 5.73 Å². The fraction of sp³-hybridized carbons (Fsp3) is 0.312. The predicted octanol–water partition coefficient (Wildman–Crippen LogP) is 1.31. The zero-order valence-corrected chi connectivity index (χ0v) is 13.3. The van der Waals surface area contributed by atoms with E-state index in [1.165, 1.54) is 0 Å². The minimum Gasteiger partial charge on any atom is -0.366 e. The van der Waals surface area contributed by atoms with Crippen LogP contribution in [0.1, 0.15) is 34.0 Å². The van der Waals surface area contributed by atoms with Crippen LogP contribution in [0.15, 0.2) is 29.4 Å². The summed E-state index contributed by atoms with van der Waals surface area (Å²) in [4.78, 5) is 20.0. The molecule has 7 heteroatoms. The second-order valence-corrected chi connectivity index (χ2v) is 8.15. The van der Waals surface area contributed by atoms with Crippen molar-refractivity contribution in [2.75, 3.05) is 6.26 Å². The number of benzene rings is 1. The third-order valence-corrected chi connectivity index (χ3v) is 5.36. The molecule has 2 aromatic rings. The molecule has 118 valence electrons. The fourth-order valence-corrected chi connectivity index (χ4v) is 3.80. The Bertz CT molecular complexity index is 953. The quantitative estimate of drug-likeness (QED) is 0.855. The largest absolute Gasteiger partial charge is 0.366 e. The van der Waals surface area contributed by atoms with E-state index in [0.29, 0.717) is 28.7 Å². The Morgan fingerprint density at radius 1 is 1.30 bits per heavy atom. The molecule has 6 nitrogen and oxygen atoms in total. The van der Waals surface area contributed by atoms with Gasteiger partial charge in [0.1, 0.15) is 0 Å². The molecule has 1 heterocycles. The molecular weight excluding hydrogens is 314 g/mol. The third-order valence-electron chi connectivity index (χ3n) is 4.51. The van der Waals surface area contributed by atoms with Crippen LogP contribution >= 0.6 is 0 Å². The zero-order chi connectivity index (χ0) is 16.4. The molecule has 0 spiro atoms. The lowest BCUT2D eigenvalue weighted by atomic mass is 10.0. The molecule has 4 rings (SSSR count). The van der Waals surface area contributed by atoms with E-state index < -0.39 is 15.7 Å². The highest BCUT2D eigenvalue weighted by molar-refractivity contribution is 7.90. The van der Waals surface area contributed by atoms with Crippen LogP contribution in [-0.4, -0.2) is 30.5 Å². The van der Waals surface area contributed by atoms with E-state index in [9.17, 15) is 13.2 Å². The molecule has 2 atom stereocenters. The van der Waals surface area contributed by atoms with Gasteiger partial charge in [0.15, 0.2) is 0 Å². The molecule has 0 aliphatic heterocycles. The van der Waals surface area contributed by atoms with Crippen LogP contribution in [0.25, 0.3) is 11.3 Å². The number of carbonyl (C=O) groups is 1. The highest BCUT2D eigenvalue weighted by atomic mass is 32.2. The minimum absolute atomic E-state index is 0.150. The number of sulfone groups is 1. The van der Waals surface area contributed by atoms with Crippen molar-refractivity contribution in [2.45, 2.75) is 23.9 Å². The van der Waals surface area contributed by atoms with Crippen LogP contribution < -0.4 is 5.73 Å². The molecule has 23 heavy (non-hydrogen) atoms. The van der Waals surface area contributed by atoms with Crippen LogP contribution in [0.5, 0.6) is 0 Å². The summed E-state index contributed by atoms with van der Waals surface area (Å²) >= 11 is 0. The van der Waals surface area contributed by atoms with Crippen LogP contribution in [0.4, 0.5) is 0 Å². The summed E-state index contributed by atoms with van der Waals surface area (Å²) < 4.78 is 23.8. The third kappa shape index (κ3) is 2.31. The van der Waals surface area contributed by atoms with Gasteiger partial charge in [-0.25, -0.2) is 18.4 Å². The number of amides is 1. The monoisotopic (exact) mass is 329 g/mol. The van der Waals surface area contributed by atoms with Crippen molar-refractivity contribution in [3.8, 4) is 11.3 Å². The number of primary amides is 1. The first-order valence-electron chi connectivity index (χ1n) is 7.35. The van der Waals surface area contributed by atoms with E-state index in [-0.39, 0.29) is 5.16 Å². The van der Waals surface area contributed by atoms with E-state index in [1.807, 2.05) is 6.07 Å². The normalized spacial score (nSPS) is 21.6. The summed E-state index contributed by atoms with van der Waals surface area (Å²) in [5.41, 5.74) is 8.86. The van der Waals surface area contributed by atoms with Gasteiger partial charge in [0, 0.05) is 28.9 Å². The summed E-state index contributed by atoms with van der Waals surface area (Å²) in [5.74, 6) is 0.377. The number of fused-ring (bicyclic) bond motifs is 3. The molecule has 2 aliphatic rings. The van der Waals surface area contributed by atoms with E-state index in [2.05, 4.69) is 9.97 Å². The lowest BCUT2D eigenvalue weighted by molar-refractivity contribution is 0.100. The van der Waals surface area contributed by atoms with E-state index in [1.54, 1.807) is 18.2 Å². The molecule has 1 amide bonds. The summed E-state index contributed by atoms with van der Waals surface area (Å²) in [5, 5.41) is -0.150. The van der Waals surface area contributed by atoms with Gasteiger partial charge in [-0.15, -0.1) is 0 Å². The van der Waals surface area contributed by atoms with Gasteiger partial charge in [-0.2, -0.15) is 0 Å². The maximum Gasteiger partial charge on any atom is 0.248 e. The first kappa shape index (κ1) is 14.3. The number of carbonyl (C=O) groups excluding carboxylic acids is 1. The van der Waals surface area contributed by atoms with Crippen LogP contribution in [0, 0.1) is 5.92 Å². The standard InChI is InChI=1S/C16H15N3O3S/c1-23(21,22)16-18-13(8-3-2-4-9(5-8)15(17)20)12-7-10-6-11(10)14(12)19-16/h2-5,10-11H,6-7H2,1H3,(H2,17,20). The van der Waals surface area contributed by atoms with Crippen LogP contribution in [-0.2, 0) is 16.3 Å². The highest BCUT2D eigenvalue weighted by Crippen LogP contribution is 2.56. The Labute approximate surface area is 133 Å². The number of hydrogen-bond donors (Lipinski definition) is 1. The average Bonchev–Trinajstić information content (AvgIpc) is 3.17. The van der Waals surface area contributed by atoms with Crippen molar-refractivity contribution < 1.29 is 13.2 Å². The zero-order valence-electron chi connectivity index (χ0n) is 12.5. The van der Waals surface area contributed by atoms with Gasteiger partial charge in [0.25, 0.3) is 0 Å². The smallest absolute Gasteiger partial charge is 0.248 e. The average molecular weight is 329 g/mol. The molecule has 0 bridgehead atoms. The Balaban J connectivity index is 1.95. The molecule has 2 N–H and O–H groups in total. The lowest BCUT2D eigenvalue weighted by Crippen LogP contribution is -2.12. The van der Waals surface area contributed by atoms with Crippen molar-refractivity contribution in [3.63, 3.8) is 0 Å². The summed E-state index contributed by atoms with van der Waals surface area (Å²) in [6, 6.07) is 6.81. The number of nitrogens with two attached hydrogens (primary N) is 1. The summed E-state index contributed by atoms with van der Waals surface area (Å²) in [6.07, 6.45) is 3.03. The molecule has 0 radical (unpaired) electrons. The van der Waals surface area contributed by atoms with Gasteiger partial charge in [0.05, 0.1) is 11.4 Å². The Morgan fingerprint density at radius 3 is 2.78 bits per heavy atom. The second-order valence-electron chi connectivity index (χ2n) is 6.24. The number of hydrogen-bond acceptors (Lipinski definition) is 5. The van der Waals surface area contributed by atoms with Gasteiger partial charge >= 0.3 is 0 Å². The maximum absolute atomic E-state index is 11.9. The van der Waals surface area contributed by atoms with Gasteiger partial charge in [-0.3, -0.25) is 4.79 Å². The first-order valence-corrected chi connectivity index (χ1v) is 9.25. The second kappa shape index (κ2) is 4.61. The number of nitrogens with zero attached hydrogens (tertiary/aromatic N) is 2. The van der Waals surface area contributed by atoms with Crippen LogP contribution in [0.2, 0.25) is 0 Å². The fourth-order valence-electron chi connectivity index (χ4n) is 3.28. The van der Waals surface area contributed by atoms with Crippen molar-refractivity contribution >= 4 is 15.7 Å². The van der Waals surface area contributed by atoms with Crippen molar-refractivity contribution in [3.05, 3.63) is 41.1 Å². The first-order chi connectivity index (χ1) is 10.8. The van der Waals surface area contributed by atoms with Gasteiger partial charge < -0.3 is 5.73 Å². The molecule has 1 saturated carbocycles. The van der Waals surface area contributed by atoms with E-state index in [0.717, 1.165) is 30.4 Å². The summed E-state index contributed by atoms with van der Waals surface area (Å²) in [6.45, 7) is 0. The Hall–Kier alpha value is -2.28. The number of rotatable bonds is 3. The maximum atomic E-state index is 11.9. The molecule has 1 fully saturated rings. The SMILES string of the molecule is CS(=O)(=O)c1nc(-c2cccc(C(N)=O)c2)c2c(n1)C1CC1C2. The Morgan fingerprint density at radius 2 is 2.09 bits per heavy atom. The molecule has 2 aliphatic carbocycles. The van der Waals surface area contributed by atoms with Crippen molar-refractivity contribution in [2.24, 2.45) is 11.7 Å². The lowest BCUT2D eigenvalue weighted by Gasteiger charge is -2.12. The highest BCUT2D eigenvalue weighted by Gasteiger charge is 2.48. The van der Waals surface area contributed by atoms with Crippen LogP contribution in [0.3, 0.4) is 0 Å². The molecular formula is C16H15N3O3S. The Kier molecular flexibility index (Phi) is 2.87. The molecule has 1 aromatic carbocycles. The number of aromatic nitrogens is 2. The minimum atomic E-state index is -3.50. The summed E-state index contributed by atoms with van der Waals surface area (Å²) in [7, 11) is -3.50. The molecule has 1 aromatic heterocycles. The van der Waals surface area contributed by atoms with Gasteiger partial charge in [-0.1, -0.05) is 12.1 Å². The molecule has 0 saturated heterocycles. The van der Waals surface area contributed by atoms with Gasteiger partial charge in [0.2, 0.25) is 20.9 Å². The topological polar surface area (TPSA) is 103 Å². The van der Waals surface area contributed by atoms with E-state index >= 15 is 0 Å². The van der Waals surface area contributed by atoms with Crippen molar-refractivity contribution in [1.82, 2.24) is 9.97 Å². The molecule has 2 unspecified atom stereocenters.